The molecule has 1 saturated heterocycles. The summed E-state index contributed by atoms with van der Waals surface area (Å²) >= 11 is 16.9. The number of amides is 2. The average Bonchev–Trinajstić information content (AvgIpc) is 3.25. The first-order valence-corrected chi connectivity index (χ1v) is 13.7. The van der Waals surface area contributed by atoms with E-state index in [2.05, 4.69) is 19.2 Å². The van der Waals surface area contributed by atoms with Crippen LogP contribution in [0.3, 0.4) is 0 Å². The van der Waals surface area contributed by atoms with Crippen molar-refractivity contribution in [1.82, 2.24) is 10.2 Å². The van der Waals surface area contributed by atoms with Crippen LogP contribution in [0, 0.1) is 17.8 Å². The molecule has 1 saturated carbocycles. The Bertz CT molecular complexity index is 809. The fraction of sp³-hybridized carbons (Fsp3) is 0.880. The Balaban J connectivity index is 2.21. The number of halogens is 3. The smallest absolute Gasteiger partial charge is 0.412 e. The van der Waals surface area contributed by atoms with E-state index >= 15 is 0 Å². The molecule has 1 N–H and O–H groups in total. The number of alkyl halides is 3. The van der Waals surface area contributed by atoms with Gasteiger partial charge in [-0.25, -0.2) is 9.59 Å². The zero-order chi connectivity index (χ0) is 27.6. The summed E-state index contributed by atoms with van der Waals surface area (Å²) in [6, 6.07) is -1.16. The zero-order valence-corrected chi connectivity index (χ0v) is 24.8. The lowest BCUT2D eigenvalue weighted by atomic mass is 9.83. The van der Waals surface area contributed by atoms with Crippen molar-refractivity contribution in [1.29, 1.82) is 0 Å². The van der Waals surface area contributed by atoms with Crippen molar-refractivity contribution in [3.05, 3.63) is 0 Å². The lowest BCUT2D eigenvalue weighted by Crippen LogP contribution is -2.51. The number of nitrogens with one attached hydrogen (secondary N) is 1. The molecule has 0 radical (unpaired) electrons. The van der Waals surface area contributed by atoms with Crippen molar-refractivity contribution in [2.75, 3.05) is 6.61 Å². The highest BCUT2D eigenvalue weighted by molar-refractivity contribution is 6.67. The van der Waals surface area contributed by atoms with E-state index in [1.807, 2.05) is 34.6 Å². The molecule has 36 heavy (non-hydrogen) atoms. The molecule has 2 aliphatic rings. The first-order chi connectivity index (χ1) is 16.3. The van der Waals surface area contributed by atoms with E-state index in [1.54, 1.807) is 4.90 Å². The summed E-state index contributed by atoms with van der Waals surface area (Å²) in [7, 11) is 0. The summed E-state index contributed by atoms with van der Waals surface area (Å²) in [5.41, 5.74) is -1.55. The highest BCUT2D eigenvalue weighted by Gasteiger charge is 2.55. The maximum Gasteiger partial charge on any atom is 0.412 e. The lowest BCUT2D eigenvalue weighted by molar-refractivity contribution is -0.148. The van der Waals surface area contributed by atoms with E-state index in [1.165, 1.54) is 6.92 Å². The van der Waals surface area contributed by atoms with Gasteiger partial charge in [0.1, 0.15) is 24.0 Å². The Morgan fingerprint density at radius 1 is 1.11 bits per heavy atom. The zero-order valence-electron chi connectivity index (χ0n) is 22.5. The van der Waals surface area contributed by atoms with Crippen molar-refractivity contribution >= 4 is 52.8 Å². The minimum absolute atomic E-state index is 0.121. The fourth-order valence-corrected chi connectivity index (χ4v) is 5.30. The molecular weight excluding hydrogens is 531 g/mol. The van der Waals surface area contributed by atoms with Gasteiger partial charge in [0.15, 0.2) is 0 Å². The summed E-state index contributed by atoms with van der Waals surface area (Å²) < 4.78 is 15.5. The molecule has 5 atom stereocenters. The molecule has 208 valence electrons. The summed E-state index contributed by atoms with van der Waals surface area (Å²) in [6.45, 7) is 14.5. The molecule has 0 aromatic heterocycles. The molecule has 0 aromatic rings. The fourth-order valence-electron chi connectivity index (χ4n) is 5.14. The third-order valence-electron chi connectivity index (χ3n) is 6.44. The van der Waals surface area contributed by atoms with E-state index in [0.717, 1.165) is 12.8 Å². The maximum atomic E-state index is 13.3. The number of carbonyl (C=O) groups is 3. The Kier molecular flexibility index (Phi) is 10.3. The van der Waals surface area contributed by atoms with E-state index in [4.69, 9.17) is 49.0 Å². The second-order valence-corrected chi connectivity index (χ2v) is 14.2. The number of ether oxygens (including phenoxy) is 3. The van der Waals surface area contributed by atoms with Crippen LogP contribution in [0.2, 0.25) is 0 Å². The van der Waals surface area contributed by atoms with Gasteiger partial charge in [-0.3, -0.25) is 9.69 Å². The van der Waals surface area contributed by atoms with Gasteiger partial charge >= 0.3 is 12.1 Å². The summed E-state index contributed by atoms with van der Waals surface area (Å²) in [5.74, 6) is -1.14. The predicted molar refractivity (Wildman–Crippen MR) is 140 cm³/mol. The third kappa shape index (κ3) is 8.53. The number of hydrogen-bond acceptors (Lipinski definition) is 6. The van der Waals surface area contributed by atoms with Gasteiger partial charge in [-0.1, -0.05) is 55.1 Å². The van der Waals surface area contributed by atoms with E-state index in [0.29, 0.717) is 18.8 Å². The molecule has 2 amide bonds. The van der Waals surface area contributed by atoms with E-state index in [9.17, 15) is 14.4 Å². The Morgan fingerprint density at radius 3 is 2.25 bits per heavy atom. The summed E-state index contributed by atoms with van der Waals surface area (Å²) in [6.07, 6.45) is 2.22. The van der Waals surface area contributed by atoms with Crippen LogP contribution >= 0.6 is 34.8 Å². The van der Waals surface area contributed by atoms with Crippen LogP contribution in [0.25, 0.3) is 0 Å². The van der Waals surface area contributed by atoms with Gasteiger partial charge in [0.25, 0.3) is 0 Å². The normalized spacial score (nSPS) is 27.2. The molecule has 1 heterocycles. The van der Waals surface area contributed by atoms with Crippen LogP contribution in [0.1, 0.15) is 81.1 Å². The van der Waals surface area contributed by atoms with Crippen LogP contribution < -0.4 is 5.32 Å². The van der Waals surface area contributed by atoms with Gasteiger partial charge < -0.3 is 19.5 Å². The molecule has 0 spiro atoms. The first-order valence-electron chi connectivity index (χ1n) is 12.6. The number of carbonyl (C=O) groups excluding carboxylic acids is 3. The lowest BCUT2D eigenvalue weighted by Gasteiger charge is -2.36. The standard InChI is InChI=1S/C25H41Cl3N2O6/c1-14(2)12-18-19(35-24(7,8)30(18)22(33)36-23(4,5)6)16-10-9-11-17(16)20(31)29-15(3)21(32)34-13-25(26,27)28/h14-19H,9-13H2,1-8H3,(H,29,31)/t15-,16+,17+,18-,19-/m0/s1. The van der Waals surface area contributed by atoms with Crippen molar-refractivity contribution in [2.45, 2.75) is 114 Å². The van der Waals surface area contributed by atoms with Gasteiger partial charge in [0, 0.05) is 5.92 Å². The SMILES string of the molecule is CC(C)C[C@H]1[C@H]([C@@H]2CCC[C@H]2C(=O)N[C@@H](C)C(=O)OCC(Cl)(Cl)Cl)OC(C)(C)N1C(=O)OC(C)(C)C. The maximum absolute atomic E-state index is 13.3. The Morgan fingerprint density at radius 2 is 1.72 bits per heavy atom. The molecule has 1 aliphatic carbocycles. The molecule has 2 rings (SSSR count). The minimum Gasteiger partial charge on any atom is -0.460 e. The van der Waals surface area contributed by atoms with Crippen LogP contribution in [-0.4, -0.2) is 62.8 Å². The minimum atomic E-state index is -1.73. The Labute approximate surface area is 230 Å². The molecular formula is C25H41Cl3N2O6. The molecule has 8 nitrogen and oxygen atoms in total. The number of nitrogens with zero attached hydrogens (tertiary/aromatic N) is 1. The average molecular weight is 572 g/mol. The van der Waals surface area contributed by atoms with Gasteiger partial charge in [-0.2, -0.15) is 0 Å². The van der Waals surface area contributed by atoms with Crippen LogP contribution in [0.15, 0.2) is 0 Å². The highest BCUT2D eigenvalue weighted by atomic mass is 35.6. The number of esters is 1. The summed E-state index contributed by atoms with van der Waals surface area (Å²) in [4.78, 5) is 40.5. The predicted octanol–water partition coefficient (Wildman–Crippen LogP) is 5.61. The van der Waals surface area contributed by atoms with Crippen molar-refractivity contribution in [3.63, 3.8) is 0 Å². The van der Waals surface area contributed by atoms with Gasteiger partial charge in [0.2, 0.25) is 9.70 Å². The number of rotatable bonds is 7. The van der Waals surface area contributed by atoms with Crippen molar-refractivity contribution in [2.24, 2.45) is 17.8 Å². The first kappa shape index (κ1) is 31.3. The molecule has 11 heteroatoms. The van der Waals surface area contributed by atoms with E-state index < -0.39 is 39.8 Å². The van der Waals surface area contributed by atoms with Crippen LogP contribution in [-0.2, 0) is 23.8 Å². The van der Waals surface area contributed by atoms with Crippen molar-refractivity contribution < 1.29 is 28.6 Å². The molecule has 2 fully saturated rings. The monoisotopic (exact) mass is 570 g/mol. The van der Waals surface area contributed by atoms with Crippen molar-refractivity contribution in [3.8, 4) is 0 Å². The number of hydrogen-bond donors (Lipinski definition) is 1. The van der Waals surface area contributed by atoms with Gasteiger partial charge in [0.05, 0.1) is 12.1 Å². The van der Waals surface area contributed by atoms with Gasteiger partial charge in [-0.15, -0.1) is 0 Å². The highest BCUT2D eigenvalue weighted by Crippen LogP contribution is 2.46. The Hall–Kier alpha value is -0.960. The molecule has 1 aliphatic heterocycles. The molecule has 0 bridgehead atoms. The van der Waals surface area contributed by atoms with E-state index in [-0.39, 0.29) is 29.9 Å². The van der Waals surface area contributed by atoms with Gasteiger partial charge in [-0.05, 0) is 72.6 Å². The third-order valence-corrected chi connectivity index (χ3v) is 6.76. The summed E-state index contributed by atoms with van der Waals surface area (Å²) in [5, 5.41) is 2.75. The quantitative estimate of drug-likeness (QED) is 0.315. The van der Waals surface area contributed by atoms with Crippen LogP contribution in [0.4, 0.5) is 4.79 Å². The largest absolute Gasteiger partial charge is 0.460 e. The second kappa shape index (κ2) is 11.8. The van der Waals surface area contributed by atoms with Crippen LogP contribution in [0.5, 0.6) is 0 Å². The molecule has 0 aromatic carbocycles. The molecule has 0 unspecified atom stereocenters. The topological polar surface area (TPSA) is 94.2 Å². The second-order valence-electron chi connectivity index (χ2n) is 11.7.